The third-order valence-corrected chi connectivity index (χ3v) is 7.31. The standard InChI is InChI=1S/C27H30N2O4S/c1-7-17(2)19-8-12-22(13-9-19)34(30,31)33-21-11-15-23-20(16-21)10-14-24(28-23)25-18(3)32-29-26(25)27(4,5)6/h8-17H,7H2,1-6H3. The molecule has 0 amide bonds. The van der Waals surface area contributed by atoms with Gasteiger partial charge in [-0.05, 0) is 61.2 Å². The normalized spacial score (nSPS) is 13.2. The lowest BCUT2D eigenvalue weighted by molar-refractivity contribution is 0.375. The van der Waals surface area contributed by atoms with E-state index in [0.717, 1.165) is 39.8 Å². The number of benzene rings is 2. The highest BCUT2D eigenvalue weighted by atomic mass is 32.2. The zero-order valence-corrected chi connectivity index (χ0v) is 21.2. The molecule has 0 spiro atoms. The topological polar surface area (TPSA) is 82.3 Å². The van der Waals surface area contributed by atoms with E-state index in [4.69, 9.17) is 13.7 Å². The second-order valence-corrected chi connectivity index (χ2v) is 11.2. The van der Waals surface area contributed by atoms with Crippen LogP contribution in [0.2, 0.25) is 0 Å². The van der Waals surface area contributed by atoms with Crippen LogP contribution in [0.1, 0.15) is 64.0 Å². The summed E-state index contributed by atoms with van der Waals surface area (Å²) in [5.41, 5.74) is 4.13. The first-order valence-electron chi connectivity index (χ1n) is 11.4. The third-order valence-electron chi connectivity index (χ3n) is 6.05. The van der Waals surface area contributed by atoms with Crippen LogP contribution in [-0.2, 0) is 15.5 Å². The Labute approximate surface area is 201 Å². The van der Waals surface area contributed by atoms with Gasteiger partial charge in [0.15, 0.2) is 0 Å². The molecular weight excluding hydrogens is 448 g/mol. The van der Waals surface area contributed by atoms with Gasteiger partial charge in [0.25, 0.3) is 0 Å². The highest BCUT2D eigenvalue weighted by Gasteiger charge is 2.26. The quantitative estimate of drug-likeness (QED) is 0.284. The largest absolute Gasteiger partial charge is 0.379 e. The first-order valence-corrected chi connectivity index (χ1v) is 12.8. The van der Waals surface area contributed by atoms with Gasteiger partial charge in [-0.3, -0.25) is 0 Å². The van der Waals surface area contributed by atoms with Crippen LogP contribution in [-0.4, -0.2) is 18.6 Å². The molecule has 4 aromatic rings. The Morgan fingerprint density at radius 1 is 1.03 bits per heavy atom. The van der Waals surface area contributed by atoms with E-state index in [1.165, 1.54) is 0 Å². The maximum Gasteiger partial charge on any atom is 0.339 e. The molecule has 2 aromatic heterocycles. The Balaban J connectivity index is 1.62. The van der Waals surface area contributed by atoms with Crippen molar-refractivity contribution in [2.75, 3.05) is 0 Å². The SMILES string of the molecule is CCC(C)c1ccc(S(=O)(=O)Oc2ccc3nc(-c4c(C(C)(C)C)noc4C)ccc3c2)cc1. The lowest BCUT2D eigenvalue weighted by atomic mass is 9.87. The van der Waals surface area contributed by atoms with Gasteiger partial charge in [0.2, 0.25) is 0 Å². The molecule has 0 N–H and O–H groups in total. The molecule has 0 fully saturated rings. The Hall–Kier alpha value is -3.19. The number of aromatic nitrogens is 2. The van der Waals surface area contributed by atoms with Gasteiger partial charge in [-0.1, -0.05) is 58.0 Å². The second kappa shape index (κ2) is 8.87. The number of rotatable bonds is 6. The monoisotopic (exact) mass is 478 g/mol. The maximum absolute atomic E-state index is 12.8. The number of fused-ring (bicyclic) bond motifs is 1. The molecule has 7 heteroatoms. The van der Waals surface area contributed by atoms with E-state index in [1.54, 1.807) is 30.3 Å². The third kappa shape index (κ3) is 4.71. The lowest BCUT2D eigenvalue weighted by Crippen LogP contribution is -2.13. The van der Waals surface area contributed by atoms with Crippen molar-refractivity contribution in [1.29, 1.82) is 0 Å². The van der Waals surface area contributed by atoms with Crippen LogP contribution in [0.15, 0.2) is 64.0 Å². The van der Waals surface area contributed by atoms with Crippen LogP contribution in [0.5, 0.6) is 5.75 Å². The van der Waals surface area contributed by atoms with Gasteiger partial charge < -0.3 is 8.71 Å². The van der Waals surface area contributed by atoms with E-state index in [2.05, 4.69) is 39.8 Å². The van der Waals surface area contributed by atoms with Crippen LogP contribution in [0.25, 0.3) is 22.2 Å². The molecule has 2 heterocycles. The van der Waals surface area contributed by atoms with Crippen molar-refractivity contribution in [2.45, 2.75) is 64.2 Å². The molecule has 0 radical (unpaired) electrons. The molecular formula is C27H30N2O4S. The van der Waals surface area contributed by atoms with Crippen LogP contribution in [0.3, 0.4) is 0 Å². The summed E-state index contributed by atoms with van der Waals surface area (Å²) in [6.45, 7) is 12.3. The highest BCUT2D eigenvalue weighted by Crippen LogP contribution is 2.35. The molecule has 1 unspecified atom stereocenters. The van der Waals surface area contributed by atoms with E-state index >= 15 is 0 Å². The molecule has 2 aromatic carbocycles. The average molecular weight is 479 g/mol. The summed E-state index contributed by atoms with van der Waals surface area (Å²) in [4.78, 5) is 4.91. The second-order valence-electron chi connectivity index (χ2n) is 9.68. The number of hydrogen-bond donors (Lipinski definition) is 0. The fraction of sp³-hybridized carbons (Fsp3) is 0.333. The van der Waals surface area contributed by atoms with Gasteiger partial charge in [0, 0.05) is 10.8 Å². The summed E-state index contributed by atoms with van der Waals surface area (Å²) in [6, 6.07) is 15.7. The van der Waals surface area contributed by atoms with Crippen molar-refractivity contribution in [2.24, 2.45) is 0 Å². The van der Waals surface area contributed by atoms with Gasteiger partial charge in [0.1, 0.15) is 16.4 Å². The minimum absolute atomic E-state index is 0.130. The zero-order chi connectivity index (χ0) is 24.7. The van der Waals surface area contributed by atoms with Crippen LogP contribution < -0.4 is 4.18 Å². The fourth-order valence-corrected chi connectivity index (χ4v) is 4.78. The average Bonchev–Trinajstić information content (AvgIpc) is 3.20. The molecule has 0 aliphatic rings. The summed E-state index contributed by atoms with van der Waals surface area (Å²) >= 11 is 0. The summed E-state index contributed by atoms with van der Waals surface area (Å²) in [7, 11) is -3.94. The highest BCUT2D eigenvalue weighted by molar-refractivity contribution is 7.87. The minimum Gasteiger partial charge on any atom is -0.379 e. The van der Waals surface area contributed by atoms with Crippen molar-refractivity contribution >= 4 is 21.0 Å². The van der Waals surface area contributed by atoms with Crippen molar-refractivity contribution in [3.05, 3.63) is 71.6 Å². The maximum atomic E-state index is 12.8. The van der Waals surface area contributed by atoms with Crippen LogP contribution >= 0.6 is 0 Å². The van der Waals surface area contributed by atoms with Gasteiger partial charge in [-0.2, -0.15) is 8.42 Å². The molecule has 0 bridgehead atoms. The summed E-state index contributed by atoms with van der Waals surface area (Å²) in [5, 5.41) is 5.02. The smallest absolute Gasteiger partial charge is 0.339 e. The van der Waals surface area contributed by atoms with Gasteiger partial charge in [0.05, 0.1) is 22.5 Å². The van der Waals surface area contributed by atoms with Crippen LogP contribution in [0, 0.1) is 6.92 Å². The molecule has 34 heavy (non-hydrogen) atoms. The van der Waals surface area contributed by atoms with Crippen LogP contribution in [0.4, 0.5) is 0 Å². The van der Waals surface area contributed by atoms with E-state index in [-0.39, 0.29) is 16.1 Å². The lowest BCUT2D eigenvalue weighted by Gasteiger charge is -2.16. The molecule has 6 nitrogen and oxygen atoms in total. The van der Waals surface area contributed by atoms with Gasteiger partial charge in [-0.25, -0.2) is 4.98 Å². The van der Waals surface area contributed by atoms with E-state index in [9.17, 15) is 8.42 Å². The van der Waals surface area contributed by atoms with E-state index < -0.39 is 10.1 Å². The Morgan fingerprint density at radius 3 is 2.38 bits per heavy atom. The van der Waals surface area contributed by atoms with Crippen molar-refractivity contribution in [3.8, 4) is 17.0 Å². The first-order chi connectivity index (χ1) is 16.0. The molecule has 0 aliphatic carbocycles. The molecule has 1 atom stereocenters. The molecule has 0 saturated carbocycles. The molecule has 178 valence electrons. The van der Waals surface area contributed by atoms with Crippen molar-refractivity contribution in [1.82, 2.24) is 10.1 Å². The molecule has 4 rings (SSSR count). The van der Waals surface area contributed by atoms with E-state index in [1.807, 2.05) is 31.2 Å². The van der Waals surface area contributed by atoms with Crippen molar-refractivity contribution < 1.29 is 17.1 Å². The molecule has 0 saturated heterocycles. The Bertz CT molecular complexity index is 1430. The van der Waals surface area contributed by atoms with E-state index in [0.29, 0.717) is 11.7 Å². The summed E-state index contributed by atoms with van der Waals surface area (Å²) in [5.74, 6) is 1.32. The number of aryl methyl sites for hydroxylation is 1. The first kappa shape index (κ1) is 24.0. The van der Waals surface area contributed by atoms with Gasteiger partial charge in [-0.15, -0.1) is 0 Å². The zero-order valence-electron chi connectivity index (χ0n) is 20.4. The number of hydrogen-bond acceptors (Lipinski definition) is 6. The fourth-order valence-electron chi connectivity index (χ4n) is 3.85. The number of nitrogens with zero attached hydrogens (tertiary/aromatic N) is 2. The molecule has 0 aliphatic heterocycles. The summed E-state index contributed by atoms with van der Waals surface area (Å²) in [6.07, 6.45) is 0.990. The summed E-state index contributed by atoms with van der Waals surface area (Å²) < 4.78 is 36.5. The predicted molar refractivity (Wildman–Crippen MR) is 134 cm³/mol. The van der Waals surface area contributed by atoms with Crippen molar-refractivity contribution in [3.63, 3.8) is 0 Å². The Kier molecular flexibility index (Phi) is 6.25. The Morgan fingerprint density at radius 2 is 1.74 bits per heavy atom. The van der Waals surface area contributed by atoms with Gasteiger partial charge >= 0.3 is 10.1 Å². The number of pyridine rings is 1. The minimum atomic E-state index is -3.94. The predicted octanol–water partition coefficient (Wildman–Crippen LogP) is 6.78.